The van der Waals surface area contributed by atoms with Gasteiger partial charge in [-0.15, -0.1) is 0 Å². The molecular weight excluding hydrogens is 398 g/mol. The lowest BCUT2D eigenvalue weighted by atomic mass is 10.2. The van der Waals surface area contributed by atoms with Crippen LogP contribution in [0.3, 0.4) is 0 Å². The van der Waals surface area contributed by atoms with Crippen molar-refractivity contribution in [3.63, 3.8) is 0 Å². The van der Waals surface area contributed by atoms with Crippen molar-refractivity contribution in [3.05, 3.63) is 60.2 Å². The minimum Gasteiger partial charge on any atom is -0.489 e. The van der Waals surface area contributed by atoms with Gasteiger partial charge in [0, 0.05) is 11.5 Å². The zero-order valence-electron chi connectivity index (χ0n) is 15.3. The van der Waals surface area contributed by atoms with Crippen molar-refractivity contribution < 1.29 is 17.9 Å². The smallest absolute Gasteiger partial charge is 0.260 e. The standard InChI is InChI=1S/C19H21N3O4S2/c1-28(24,25)22(16-5-3-2-4-6-16)12-19(23)21-20-11-15-7-9-17(10-8-15)26-18-13-27-14-18/h2-11,18H,12-14H2,1H3,(H,21,23). The number of amides is 1. The fourth-order valence-corrected chi connectivity index (χ4v) is 3.87. The maximum atomic E-state index is 12.1. The molecule has 1 fully saturated rings. The first kappa shape index (κ1) is 20.2. The molecule has 1 saturated heterocycles. The fourth-order valence-electron chi connectivity index (χ4n) is 2.45. The number of ether oxygens (including phenoxy) is 1. The Balaban J connectivity index is 1.55. The number of hydrogen-bond donors (Lipinski definition) is 1. The van der Waals surface area contributed by atoms with E-state index >= 15 is 0 Å². The lowest BCUT2D eigenvalue weighted by Gasteiger charge is -2.25. The Morgan fingerprint density at radius 3 is 2.46 bits per heavy atom. The van der Waals surface area contributed by atoms with Crippen molar-refractivity contribution in [2.75, 3.05) is 28.6 Å². The van der Waals surface area contributed by atoms with Crippen molar-refractivity contribution in [1.29, 1.82) is 0 Å². The summed E-state index contributed by atoms with van der Waals surface area (Å²) in [5.41, 5.74) is 3.57. The second-order valence-electron chi connectivity index (χ2n) is 6.24. The summed E-state index contributed by atoms with van der Waals surface area (Å²) in [6.07, 6.45) is 2.84. The third-order valence-electron chi connectivity index (χ3n) is 3.92. The van der Waals surface area contributed by atoms with Gasteiger partial charge in [-0.05, 0) is 42.0 Å². The van der Waals surface area contributed by atoms with Gasteiger partial charge < -0.3 is 4.74 Å². The van der Waals surface area contributed by atoms with E-state index in [0.717, 1.165) is 33.4 Å². The quantitative estimate of drug-likeness (QED) is 0.523. The molecule has 0 radical (unpaired) electrons. The first-order chi connectivity index (χ1) is 13.4. The Bertz CT molecular complexity index is 927. The molecule has 3 rings (SSSR count). The Kier molecular flexibility index (Phi) is 6.58. The SMILES string of the molecule is CS(=O)(=O)N(CC(=O)NN=Cc1ccc(OC2CSC2)cc1)c1ccccc1. The van der Waals surface area contributed by atoms with E-state index in [4.69, 9.17) is 4.74 Å². The van der Waals surface area contributed by atoms with E-state index in [9.17, 15) is 13.2 Å². The van der Waals surface area contributed by atoms with E-state index < -0.39 is 15.9 Å². The van der Waals surface area contributed by atoms with E-state index in [1.807, 2.05) is 36.0 Å². The van der Waals surface area contributed by atoms with Crippen LogP contribution in [0.4, 0.5) is 5.69 Å². The van der Waals surface area contributed by atoms with Crippen LogP contribution in [0, 0.1) is 0 Å². The van der Waals surface area contributed by atoms with Crippen molar-refractivity contribution in [1.82, 2.24) is 5.43 Å². The number of thioether (sulfide) groups is 1. The average molecular weight is 420 g/mol. The Morgan fingerprint density at radius 1 is 1.21 bits per heavy atom. The topological polar surface area (TPSA) is 88.1 Å². The molecule has 1 N–H and O–H groups in total. The maximum Gasteiger partial charge on any atom is 0.260 e. The highest BCUT2D eigenvalue weighted by molar-refractivity contribution is 8.00. The molecule has 7 nitrogen and oxygen atoms in total. The van der Waals surface area contributed by atoms with Crippen molar-refractivity contribution in [2.45, 2.75) is 6.10 Å². The van der Waals surface area contributed by atoms with Gasteiger partial charge in [0.15, 0.2) is 0 Å². The summed E-state index contributed by atoms with van der Waals surface area (Å²) in [7, 11) is -3.60. The minimum absolute atomic E-state index is 0.284. The van der Waals surface area contributed by atoms with Crippen LogP contribution < -0.4 is 14.5 Å². The molecule has 0 bridgehead atoms. The van der Waals surface area contributed by atoms with Crippen LogP contribution >= 0.6 is 11.8 Å². The second-order valence-corrected chi connectivity index (χ2v) is 9.23. The molecule has 1 heterocycles. The van der Waals surface area contributed by atoms with Gasteiger partial charge in [0.1, 0.15) is 18.4 Å². The van der Waals surface area contributed by atoms with Crippen LogP contribution in [0.2, 0.25) is 0 Å². The van der Waals surface area contributed by atoms with E-state index in [-0.39, 0.29) is 12.6 Å². The highest BCUT2D eigenvalue weighted by Crippen LogP contribution is 2.23. The molecule has 148 valence electrons. The summed E-state index contributed by atoms with van der Waals surface area (Å²) in [5.74, 6) is 2.30. The molecule has 1 aliphatic rings. The monoisotopic (exact) mass is 419 g/mol. The number of nitrogens with one attached hydrogen (secondary N) is 1. The van der Waals surface area contributed by atoms with Gasteiger partial charge in [-0.2, -0.15) is 16.9 Å². The van der Waals surface area contributed by atoms with Crippen LogP contribution in [0.25, 0.3) is 0 Å². The van der Waals surface area contributed by atoms with E-state index in [1.165, 1.54) is 6.21 Å². The number of hydrazone groups is 1. The molecule has 1 aliphatic heterocycles. The maximum absolute atomic E-state index is 12.1. The summed E-state index contributed by atoms with van der Waals surface area (Å²) in [4.78, 5) is 12.1. The average Bonchev–Trinajstić information content (AvgIpc) is 2.64. The van der Waals surface area contributed by atoms with Crippen LogP contribution in [-0.4, -0.2) is 50.9 Å². The molecule has 0 unspecified atom stereocenters. The Labute approximate surface area is 168 Å². The molecule has 0 atom stereocenters. The third kappa shape index (κ3) is 5.74. The molecule has 0 aromatic heterocycles. The summed E-state index contributed by atoms with van der Waals surface area (Å²) >= 11 is 1.86. The normalized spacial score (nSPS) is 14.5. The summed E-state index contributed by atoms with van der Waals surface area (Å²) in [6.45, 7) is -0.355. The van der Waals surface area contributed by atoms with E-state index in [1.54, 1.807) is 30.3 Å². The van der Waals surface area contributed by atoms with Crippen LogP contribution in [-0.2, 0) is 14.8 Å². The lowest BCUT2D eigenvalue weighted by molar-refractivity contribution is -0.119. The number of benzene rings is 2. The zero-order valence-corrected chi connectivity index (χ0v) is 16.9. The predicted octanol–water partition coefficient (Wildman–Crippen LogP) is 2.10. The van der Waals surface area contributed by atoms with Crippen LogP contribution in [0.1, 0.15) is 5.56 Å². The first-order valence-corrected chi connectivity index (χ1v) is 11.6. The molecule has 0 aliphatic carbocycles. The number of anilines is 1. The molecule has 28 heavy (non-hydrogen) atoms. The molecule has 1 amide bonds. The Morgan fingerprint density at radius 2 is 1.89 bits per heavy atom. The van der Waals surface area contributed by atoms with Crippen LogP contribution in [0.15, 0.2) is 59.7 Å². The number of nitrogens with zero attached hydrogens (tertiary/aromatic N) is 2. The van der Waals surface area contributed by atoms with Crippen molar-refractivity contribution in [2.24, 2.45) is 5.10 Å². The number of carbonyl (C=O) groups is 1. The van der Waals surface area contributed by atoms with Gasteiger partial charge in [-0.1, -0.05) is 18.2 Å². The van der Waals surface area contributed by atoms with Gasteiger partial charge in [0.2, 0.25) is 10.0 Å². The molecule has 2 aromatic carbocycles. The van der Waals surface area contributed by atoms with Gasteiger partial charge in [-0.3, -0.25) is 9.10 Å². The lowest BCUT2D eigenvalue weighted by Crippen LogP contribution is -2.38. The van der Waals surface area contributed by atoms with Crippen molar-refractivity contribution >= 4 is 39.6 Å². The third-order valence-corrected chi connectivity index (χ3v) is 6.28. The zero-order chi connectivity index (χ0) is 20.0. The minimum atomic E-state index is -3.60. The number of hydrogen-bond acceptors (Lipinski definition) is 6. The largest absolute Gasteiger partial charge is 0.489 e. The molecule has 0 spiro atoms. The summed E-state index contributed by atoms with van der Waals surface area (Å²) < 4.78 is 30.8. The van der Waals surface area contributed by atoms with E-state index in [2.05, 4.69) is 10.5 Å². The van der Waals surface area contributed by atoms with Crippen molar-refractivity contribution in [3.8, 4) is 5.75 Å². The number of rotatable bonds is 8. The molecule has 2 aromatic rings. The molecular formula is C19H21N3O4S2. The molecule has 9 heteroatoms. The highest BCUT2D eigenvalue weighted by Gasteiger charge is 2.20. The molecule has 0 saturated carbocycles. The number of carbonyl (C=O) groups excluding carboxylic acids is 1. The highest BCUT2D eigenvalue weighted by atomic mass is 32.2. The van der Waals surface area contributed by atoms with Gasteiger partial charge in [0.05, 0.1) is 18.2 Å². The summed E-state index contributed by atoms with van der Waals surface area (Å²) in [5, 5.41) is 3.90. The van der Waals surface area contributed by atoms with Gasteiger partial charge >= 0.3 is 0 Å². The van der Waals surface area contributed by atoms with E-state index in [0.29, 0.717) is 5.69 Å². The Hall–Kier alpha value is -2.52. The fraction of sp³-hybridized carbons (Fsp3) is 0.263. The predicted molar refractivity (Wildman–Crippen MR) is 113 cm³/mol. The second kappa shape index (κ2) is 9.11. The number of para-hydroxylation sites is 1. The first-order valence-electron chi connectivity index (χ1n) is 8.61. The summed E-state index contributed by atoms with van der Waals surface area (Å²) in [6, 6.07) is 15.8. The van der Waals surface area contributed by atoms with Crippen LogP contribution in [0.5, 0.6) is 5.75 Å². The van der Waals surface area contributed by atoms with Gasteiger partial charge in [0.25, 0.3) is 5.91 Å². The van der Waals surface area contributed by atoms with Gasteiger partial charge in [-0.25, -0.2) is 13.8 Å². The number of sulfonamides is 1.